The van der Waals surface area contributed by atoms with E-state index in [4.69, 9.17) is 9.15 Å². The molecule has 1 aliphatic heterocycles. The molecule has 1 aromatic carbocycles. The minimum absolute atomic E-state index is 0.00864. The van der Waals surface area contributed by atoms with Crippen LogP contribution in [0.25, 0.3) is 11.0 Å². The first-order chi connectivity index (χ1) is 15.1. The van der Waals surface area contributed by atoms with Gasteiger partial charge in [-0.3, -0.25) is 9.59 Å². The van der Waals surface area contributed by atoms with Crippen molar-refractivity contribution in [1.82, 2.24) is 25.1 Å². The monoisotopic (exact) mass is 443 g/mol. The number of hydrogen-bond donors (Lipinski definition) is 1. The number of esters is 1. The Morgan fingerprint density at radius 3 is 2.81 bits per heavy atom. The van der Waals surface area contributed by atoms with Gasteiger partial charge in [0.15, 0.2) is 0 Å². The van der Waals surface area contributed by atoms with Gasteiger partial charge >= 0.3 is 5.97 Å². The summed E-state index contributed by atoms with van der Waals surface area (Å²) in [5.74, 6) is 1.36. The second-order valence-electron chi connectivity index (χ2n) is 7.36. The van der Waals surface area contributed by atoms with Crippen LogP contribution in [0.4, 0.5) is 0 Å². The van der Waals surface area contributed by atoms with Crippen LogP contribution >= 0.6 is 11.8 Å². The van der Waals surface area contributed by atoms with Crippen molar-refractivity contribution in [2.75, 3.05) is 25.4 Å². The SMILES string of the molecule is CCOC(=O)C1CCN(C(=O)CSc2nnc(CCc3nc4ccccc4[nH]3)o2)CC1. The lowest BCUT2D eigenvalue weighted by Gasteiger charge is -2.30. The number of aromatic nitrogens is 4. The van der Waals surface area contributed by atoms with Crippen molar-refractivity contribution in [2.24, 2.45) is 5.92 Å². The molecule has 2 aromatic heterocycles. The van der Waals surface area contributed by atoms with E-state index in [1.54, 1.807) is 11.8 Å². The van der Waals surface area contributed by atoms with Crippen molar-refractivity contribution in [3.63, 3.8) is 0 Å². The van der Waals surface area contributed by atoms with Crippen molar-refractivity contribution >= 4 is 34.7 Å². The number of H-pyrrole nitrogens is 1. The zero-order valence-corrected chi connectivity index (χ0v) is 18.2. The number of benzene rings is 1. The van der Waals surface area contributed by atoms with Crippen LogP contribution in [-0.2, 0) is 27.2 Å². The Bertz CT molecular complexity index is 1010. The van der Waals surface area contributed by atoms with Gasteiger partial charge in [-0.2, -0.15) is 0 Å². The Hall–Kier alpha value is -2.88. The summed E-state index contributed by atoms with van der Waals surface area (Å²) in [5.41, 5.74) is 1.94. The molecule has 10 heteroatoms. The molecule has 0 radical (unpaired) electrons. The number of aromatic amines is 1. The Morgan fingerprint density at radius 2 is 2.03 bits per heavy atom. The highest BCUT2D eigenvalue weighted by atomic mass is 32.2. The number of carbonyl (C=O) groups excluding carboxylic acids is 2. The molecule has 0 saturated carbocycles. The first-order valence-corrected chi connectivity index (χ1v) is 11.4. The highest BCUT2D eigenvalue weighted by molar-refractivity contribution is 7.99. The molecule has 164 valence electrons. The van der Waals surface area contributed by atoms with Gasteiger partial charge in [-0.1, -0.05) is 23.9 Å². The molecule has 1 N–H and O–H groups in total. The van der Waals surface area contributed by atoms with Crippen LogP contribution < -0.4 is 0 Å². The summed E-state index contributed by atoms with van der Waals surface area (Å²) in [4.78, 5) is 33.9. The highest BCUT2D eigenvalue weighted by Gasteiger charge is 2.28. The van der Waals surface area contributed by atoms with Crippen LogP contribution in [-0.4, -0.2) is 62.4 Å². The van der Waals surface area contributed by atoms with Crippen molar-refractivity contribution < 1.29 is 18.7 Å². The number of aryl methyl sites for hydroxylation is 2. The zero-order valence-electron chi connectivity index (χ0n) is 17.4. The molecule has 9 nitrogen and oxygen atoms in total. The molecule has 1 saturated heterocycles. The first-order valence-electron chi connectivity index (χ1n) is 10.5. The number of piperidine rings is 1. The fourth-order valence-electron chi connectivity index (χ4n) is 3.59. The summed E-state index contributed by atoms with van der Waals surface area (Å²) < 4.78 is 10.7. The lowest BCUT2D eigenvalue weighted by molar-refractivity contribution is -0.151. The van der Waals surface area contributed by atoms with Crippen LogP contribution in [0.5, 0.6) is 0 Å². The van der Waals surface area contributed by atoms with Gasteiger partial charge in [-0.25, -0.2) is 4.98 Å². The van der Waals surface area contributed by atoms with Crippen molar-refractivity contribution in [2.45, 2.75) is 37.8 Å². The molecule has 0 bridgehead atoms. The van der Waals surface area contributed by atoms with Gasteiger partial charge in [0.1, 0.15) is 5.82 Å². The van der Waals surface area contributed by atoms with Gasteiger partial charge in [-0.05, 0) is 31.9 Å². The quantitative estimate of drug-likeness (QED) is 0.417. The molecule has 0 aliphatic carbocycles. The van der Waals surface area contributed by atoms with E-state index in [-0.39, 0.29) is 23.5 Å². The van der Waals surface area contributed by atoms with E-state index < -0.39 is 0 Å². The third-order valence-corrected chi connectivity index (χ3v) is 6.05. The van der Waals surface area contributed by atoms with E-state index in [9.17, 15) is 9.59 Å². The summed E-state index contributed by atoms with van der Waals surface area (Å²) in [6.45, 7) is 3.32. The second-order valence-corrected chi connectivity index (χ2v) is 8.28. The average molecular weight is 444 g/mol. The average Bonchev–Trinajstić information content (AvgIpc) is 3.42. The van der Waals surface area contributed by atoms with Gasteiger partial charge < -0.3 is 19.0 Å². The molecule has 0 unspecified atom stereocenters. The first kappa shape index (κ1) is 21.4. The Kier molecular flexibility index (Phi) is 6.86. The summed E-state index contributed by atoms with van der Waals surface area (Å²) >= 11 is 1.24. The van der Waals surface area contributed by atoms with Crippen LogP contribution in [0.3, 0.4) is 0 Å². The minimum Gasteiger partial charge on any atom is -0.466 e. The molecule has 1 amide bonds. The number of thioether (sulfide) groups is 1. The smallest absolute Gasteiger partial charge is 0.309 e. The number of imidazole rings is 1. The molecule has 3 heterocycles. The number of fused-ring (bicyclic) bond motifs is 1. The van der Waals surface area contributed by atoms with E-state index in [1.165, 1.54) is 11.8 Å². The third-order valence-electron chi connectivity index (χ3n) is 5.25. The largest absolute Gasteiger partial charge is 0.466 e. The summed E-state index contributed by atoms with van der Waals surface area (Å²) in [6.07, 6.45) is 2.52. The van der Waals surface area contributed by atoms with Crippen LogP contribution in [0, 0.1) is 5.92 Å². The fourth-order valence-corrected chi connectivity index (χ4v) is 4.27. The van der Waals surface area contributed by atoms with E-state index in [2.05, 4.69) is 20.2 Å². The third kappa shape index (κ3) is 5.43. The van der Waals surface area contributed by atoms with Crippen LogP contribution in [0.2, 0.25) is 0 Å². The standard InChI is InChI=1S/C21H25N5O4S/c1-2-29-20(28)14-9-11-26(12-10-14)19(27)13-31-21-25-24-18(30-21)8-7-17-22-15-5-3-4-6-16(15)23-17/h3-6,14H,2,7-13H2,1H3,(H,22,23). The summed E-state index contributed by atoms with van der Waals surface area (Å²) in [5, 5.41) is 8.48. The van der Waals surface area contributed by atoms with E-state index in [0.29, 0.717) is 56.5 Å². The van der Waals surface area contributed by atoms with Gasteiger partial charge in [-0.15, -0.1) is 10.2 Å². The Morgan fingerprint density at radius 1 is 1.23 bits per heavy atom. The fraction of sp³-hybridized carbons (Fsp3) is 0.476. The maximum Gasteiger partial charge on any atom is 0.309 e. The maximum atomic E-state index is 12.5. The summed E-state index contributed by atoms with van der Waals surface area (Å²) in [7, 11) is 0. The molecular formula is C21H25N5O4S. The summed E-state index contributed by atoms with van der Waals surface area (Å²) in [6, 6.07) is 7.88. The molecule has 1 aliphatic rings. The number of nitrogens with one attached hydrogen (secondary N) is 1. The number of amides is 1. The maximum absolute atomic E-state index is 12.5. The number of ether oxygens (including phenoxy) is 1. The lowest BCUT2D eigenvalue weighted by Crippen LogP contribution is -2.41. The minimum atomic E-state index is -0.162. The number of hydrogen-bond acceptors (Lipinski definition) is 8. The van der Waals surface area contributed by atoms with Gasteiger partial charge in [0.25, 0.3) is 5.22 Å². The number of likely N-dealkylation sites (tertiary alicyclic amines) is 1. The topological polar surface area (TPSA) is 114 Å². The molecule has 0 spiro atoms. The van der Waals surface area contributed by atoms with Gasteiger partial charge in [0.05, 0.1) is 29.3 Å². The predicted molar refractivity (Wildman–Crippen MR) is 114 cm³/mol. The molecule has 0 atom stereocenters. The molecule has 4 rings (SSSR count). The molecule has 1 fully saturated rings. The Labute approximate surface area is 183 Å². The number of rotatable bonds is 8. The number of para-hydroxylation sites is 2. The van der Waals surface area contributed by atoms with E-state index in [0.717, 1.165) is 16.9 Å². The molecule has 3 aromatic rings. The number of nitrogens with zero attached hydrogens (tertiary/aromatic N) is 4. The van der Waals surface area contributed by atoms with Gasteiger partial charge in [0.2, 0.25) is 11.8 Å². The normalized spacial score (nSPS) is 14.8. The van der Waals surface area contributed by atoms with Gasteiger partial charge in [0, 0.05) is 25.9 Å². The van der Waals surface area contributed by atoms with Crippen LogP contribution in [0.1, 0.15) is 31.5 Å². The van der Waals surface area contributed by atoms with E-state index >= 15 is 0 Å². The van der Waals surface area contributed by atoms with Crippen LogP contribution in [0.15, 0.2) is 33.9 Å². The lowest BCUT2D eigenvalue weighted by atomic mass is 9.97. The zero-order chi connectivity index (χ0) is 21.6. The highest BCUT2D eigenvalue weighted by Crippen LogP contribution is 2.22. The van der Waals surface area contributed by atoms with E-state index in [1.807, 2.05) is 24.3 Å². The van der Waals surface area contributed by atoms with Crippen molar-refractivity contribution in [3.05, 3.63) is 36.0 Å². The molecular weight excluding hydrogens is 418 g/mol. The van der Waals surface area contributed by atoms with Crippen molar-refractivity contribution in [3.8, 4) is 0 Å². The number of carbonyl (C=O) groups is 2. The predicted octanol–water partition coefficient (Wildman–Crippen LogP) is 2.62. The molecule has 31 heavy (non-hydrogen) atoms. The Balaban J connectivity index is 1.21. The second kappa shape index (κ2) is 9.95. The van der Waals surface area contributed by atoms with Crippen molar-refractivity contribution in [1.29, 1.82) is 0 Å².